The molecule has 0 aliphatic rings. The van der Waals surface area contributed by atoms with Crippen molar-refractivity contribution in [2.24, 2.45) is 0 Å². The van der Waals surface area contributed by atoms with E-state index in [9.17, 15) is 5.11 Å². The van der Waals surface area contributed by atoms with Gasteiger partial charge in [0, 0.05) is 0 Å². The molecule has 0 aliphatic carbocycles. The number of aliphatic hydroxyl groups excluding tert-OH is 1. The molecule has 1 N–H and O–H groups in total. The maximum absolute atomic E-state index is 9.96. The lowest BCUT2D eigenvalue weighted by Gasteiger charge is -2.43. The molecule has 0 bridgehead atoms. The highest BCUT2D eigenvalue weighted by Gasteiger charge is 2.50. The zero-order chi connectivity index (χ0) is 16.9. The summed E-state index contributed by atoms with van der Waals surface area (Å²) >= 11 is 0. The maximum Gasteiger partial charge on any atom is 0.261 e. The zero-order valence-electron chi connectivity index (χ0n) is 14.2. The van der Waals surface area contributed by atoms with Crippen molar-refractivity contribution in [2.45, 2.75) is 31.9 Å². The lowest BCUT2D eigenvalue weighted by Crippen LogP contribution is -2.67. The second kappa shape index (κ2) is 7.26. The van der Waals surface area contributed by atoms with E-state index in [2.05, 4.69) is 75.9 Å². The summed E-state index contributed by atoms with van der Waals surface area (Å²) in [6, 6.07) is 20.8. The average Bonchev–Trinajstić information content (AvgIpc) is 2.56. The molecule has 0 heterocycles. The summed E-state index contributed by atoms with van der Waals surface area (Å²) in [6.07, 6.45) is 0.870. The second-order valence-electron chi connectivity index (χ2n) is 6.78. The van der Waals surface area contributed by atoms with E-state index >= 15 is 0 Å². The molecule has 0 aromatic heterocycles. The van der Waals surface area contributed by atoms with Crippen LogP contribution in [0.15, 0.2) is 73.3 Å². The van der Waals surface area contributed by atoms with E-state index in [0.717, 1.165) is 0 Å². The molecule has 2 aromatic carbocycles. The summed E-state index contributed by atoms with van der Waals surface area (Å²) in [7, 11) is -2.54. The lowest BCUT2D eigenvalue weighted by atomic mass is 10.2. The van der Waals surface area contributed by atoms with Crippen molar-refractivity contribution in [3.8, 4) is 0 Å². The molecule has 0 saturated carbocycles. The number of benzene rings is 2. The normalized spacial score (nSPS) is 13.6. The Morgan fingerprint density at radius 2 is 1.43 bits per heavy atom. The molecule has 1 atom stereocenters. The fourth-order valence-corrected chi connectivity index (χ4v) is 7.62. The molecular formula is C20H26O2Si. The van der Waals surface area contributed by atoms with Crippen molar-refractivity contribution in [2.75, 3.05) is 6.61 Å². The van der Waals surface area contributed by atoms with Gasteiger partial charge in [0.1, 0.15) is 0 Å². The molecule has 0 unspecified atom stereocenters. The van der Waals surface area contributed by atoms with Gasteiger partial charge in [-0.1, -0.05) is 87.5 Å². The number of hydrogen-bond acceptors (Lipinski definition) is 2. The molecule has 2 rings (SSSR count). The third kappa shape index (κ3) is 3.63. The highest BCUT2D eigenvalue weighted by Crippen LogP contribution is 2.36. The van der Waals surface area contributed by atoms with Crippen molar-refractivity contribution >= 4 is 18.7 Å². The van der Waals surface area contributed by atoms with Gasteiger partial charge in [-0.05, 0) is 15.4 Å². The van der Waals surface area contributed by atoms with E-state index in [1.165, 1.54) is 16.4 Å². The van der Waals surface area contributed by atoms with E-state index in [-0.39, 0.29) is 11.6 Å². The highest BCUT2D eigenvalue weighted by atomic mass is 28.4. The van der Waals surface area contributed by atoms with Gasteiger partial charge in [-0.2, -0.15) is 0 Å². The van der Waals surface area contributed by atoms with Crippen LogP contribution >= 0.6 is 0 Å². The maximum atomic E-state index is 9.96. The molecular weight excluding hydrogens is 300 g/mol. The minimum Gasteiger partial charge on any atom is -0.404 e. The second-order valence-corrected chi connectivity index (χ2v) is 11.1. The molecule has 3 heteroatoms. The summed E-state index contributed by atoms with van der Waals surface area (Å²) in [6.45, 7) is 10.6. The Bertz CT molecular complexity index is 578. The largest absolute Gasteiger partial charge is 0.404 e. The molecule has 0 saturated heterocycles. The topological polar surface area (TPSA) is 29.5 Å². The van der Waals surface area contributed by atoms with Gasteiger partial charge < -0.3 is 9.53 Å². The van der Waals surface area contributed by atoms with E-state index in [0.29, 0.717) is 0 Å². The molecule has 0 fully saturated rings. The molecule has 0 spiro atoms. The van der Waals surface area contributed by atoms with Crippen LogP contribution in [-0.2, 0) is 4.43 Å². The Morgan fingerprint density at radius 3 is 1.78 bits per heavy atom. The van der Waals surface area contributed by atoms with Crippen LogP contribution in [0.1, 0.15) is 20.8 Å². The summed E-state index contributed by atoms with van der Waals surface area (Å²) < 4.78 is 6.54. The Kier molecular flexibility index (Phi) is 5.58. The SMILES string of the molecule is C=C[C@H](O)CO[Si](c1ccccc1)(c1ccccc1)C(C)(C)C. The fraction of sp³-hybridized carbons (Fsp3) is 0.300. The first-order chi connectivity index (χ1) is 10.9. The van der Waals surface area contributed by atoms with Gasteiger partial charge in [0.2, 0.25) is 0 Å². The van der Waals surface area contributed by atoms with Crippen molar-refractivity contribution in [1.29, 1.82) is 0 Å². The summed E-state index contributed by atoms with van der Waals surface area (Å²) in [5, 5.41) is 12.3. The molecule has 23 heavy (non-hydrogen) atoms. The third-order valence-electron chi connectivity index (χ3n) is 4.16. The van der Waals surface area contributed by atoms with Gasteiger partial charge in [-0.3, -0.25) is 0 Å². The van der Waals surface area contributed by atoms with Crippen molar-refractivity contribution in [3.63, 3.8) is 0 Å². The molecule has 0 amide bonds. The van der Waals surface area contributed by atoms with Crippen molar-refractivity contribution in [3.05, 3.63) is 73.3 Å². The van der Waals surface area contributed by atoms with Crippen molar-refractivity contribution in [1.82, 2.24) is 0 Å². The minimum absolute atomic E-state index is 0.0728. The molecule has 0 aliphatic heterocycles. The minimum atomic E-state index is -2.54. The summed E-state index contributed by atoms with van der Waals surface area (Å²) in [4.78, 5) is 0. The van der Waals surface area contributed by atoms with Gasteiger partial charge in [-0.25, -0.2) is 0 Å². The van der Waals surface area contributed by atoms with Gasteiger partial charge in [0.05, 0.1) is 12.7 Å². The van der Waals surface area contributed by atoms with E-state index in [4.69, 9.17) is 4.43 Å². The molecule has 122 valence electrons. The van der Waals surface area contributed by atoms with Gasteiger partial charge >= 0.3 is 0 Å². The van der Waals surface area contributed by atoms with Crippen LogP contribution in [0.25, 0.3) is 0 Å². The van der Waals surface area contributed by atoms with E-state index in [1.807, 2.05) is 12.1 Å². The quantitative estimate of drug-likeness (QED) is 0.653. The highest BCUT2D eigenvalue weighted by molar-refractivity contribution is 6.99. The first-order valence-corrected chi connectivity index (χ1v) is 9.88. The standard InChI is InChI=1S/C20H26O2Si/c1-5-17(21)16-22-23(20(2,3)4,18-12-8-6-9-13-18)19-14-10-7-11-15-19/h5-15,17,21H,1,16H2,2-4H3/t17-/m0/s1. The Balaban J connectivity index is 2.62. The Morgan fingerprint density at radius 1 is 1.00 bits per heavy atom. The first-order valence-electron chi connectivity index (χ1n) is 7.97. The van der Waals surface area contributed by atoms with Crippen LogP contribution < -0.4 is 10.4 Å². The number of aliphatic hydroxyl groups is 1. The third-order valence-corrected chi connectivity index (χ3v) is 9.16. The first kappa shape index (κ1) is 17.7. The van der Waals surface area contributed by atoms with Crippen molar-refractivity contribution < 1.29 is 9.53 Å². The van der Waals surface area contributed by atoms with Gasteiger partial charge in [-0.15, -0.1) is 6.58 Å². The zero-order valence-corrected chi connectivity index (χ0v) is 15.2. The van der Waals surface area contributed by atoms with Gasteiger partial charge in [0.25, 0.3) is 8.32 Å². The summed E-state index contributed by atoms with van der Waals surface area (Å²) in [5.74, 6) is 0. The monoisotopic (exact) mass is 326 g/mol. The lowest BCUT2D eigenvalue weighted by molar-refractivity contribution is 0.138. The fourth-order valence-electron chi connectivity index (χ4n) is 3.04. The van der Waals surface area contributed by atoms with E-state index < -0.39 is 14.4 Å². The predicted molar refractivity (Wildman–Crippen MR) is 99.8 cm³/mol. The number of hydrogen-bond donors (Lipinski definition) is 1. The Labute approximate surface area is 140 Å². The van der Waals surface area contributed by atoms with Gasteiger partial charge in [0.15, 0.2) is 0 Å². The van der Waals surface area contributed by atoms with Crippen LogP contribution in [0.2, 0.25) is 5.04 Å². The van der Waals surface area contributed by atoms with Crippen LogP contribution in [0.3, 0.4) is 0 Å². The average molecular weight is 327 g/mol. The van der Waals surface area contributed by atoms with Crippen LogP contribution in [-0.4, -0.2) is 26.1 Å². The Hall–Kier alpha value is -1.68. The van der Waals surface area contributed by atoms with E-state index in [1.54, 1.807) is 0 Å². The van der Waals surface area contributed by atoms with Crippen LogP contribution in [0, 0.1) is 0 Å². The smallest absolute Gasteiger partial charge is 0.261 e. The van der Waals surface area contributed by atoms with Crippen LogP contribution in [0.4, 0.5) is 0 Å². The summed E-state index contributed by atoms with van der Waals surface area (Å²) in [5.41, 5.74) is 0. The van der Waals surface area contributed by atoms with Crippen LogP contribution in [0.5, 0.6) is 0 Å². The number of rotatable bonds is 6. The predicted octanol–water partition coefficient (Wildman–Crippen LogP) is 3.11. The molecule has 2 aromatic rings. The molecule has 2 nitrogen and oxygen atoms in total. The molecule has 0 radical (unpaired) electrons.